The Morgan fingerprint density at radius 1 is 1.30 bits per heavy atom. The second-order valence-electron chi connectivity index (χ2n) is 6.44. The lowest BCUT2D eigenvalue weighted by molar-refractivity contribution is 0.0950. The minimum atomic E-state index is -0.633. The average molecular weight is 380 g/mol. The molecule has 1 aromatic carbocycles. The van der Waals surface area contributed by atoms with E-state index in [1.165, 1.54) is 0 Å². The van der Waals surface area contributed by atoms with Crippen LogP contribution in [-0.4, -0.2) is 31.3 Å². The molecule has 3 heterocycles. The van der Waals surface area contributed by atoms with E-state index in [0.29, 0.717) is 17.8 Å². The molecule has 0 radical (unpaired) electrons. The van der Waals surface area contributed by atoms with Crippen molar-refractivity contribution in [2.75, 3.05) is 5.75 Å². The van der Waals surface area contributed by atoms with Crippen molar-refractivity contribution in [2.24, 2.45) is 0 Å². The molecule has 27 heavy (non-hydrogen) atoms. The van der Waals surface area contributed by atoms with E-state index in [1.54, 1.807) is 30.8 Å². The molecule has 0 saturated carbocycles. The van der Waals surface area contributed by atoms with Gasteiger partial charge in [-0.25, -0.2) is 4.98 Å². The molecule has 1 aliphatic rings. The Morgan fingerprint density at radius 3 is 2.96 bits per heavy atom. The number of hydrogen-bond acceptors (Lipinski definition) is 5. The van der Waals surface area contributed by atoms with Crippen molar-refractivity contribution < 1.29 is 9.90 Å². The van der Waals surface area contributed by atoms with Crippen molar-refractivity contribution in [1.29, 1.82) is 0 Å². The van der Waals surface area contributed by atoms with E-state index in [0.717, 1.165) is 34.4 Å². The molecule has 4 rings (SSSR count). The van der Waals surface area contributed by atoms with Crippen LogP contribution in [0.25, 0.3) is 11.3 Å². The van der Waals surface area contributed by atoms with Gasteiger partial charge in [-0.15, -0.1) is 0 Å². The standard InChI is InChI=1S/C20H20N4O2S/c1-13(25)17-6-3-7-18(23-17)14-4-2-5-15(10-14)19(26)21-11-16-12-24-8-9-27-20(24)22-16/h2-7,10,12-13,25H,8-9,11H2,1H3,(H,21,26)/t13-/m1/s1. The zero-order valence-electron chi connectivity index (χ0n) is 14.9. The molecular weight excluding hydrogens is 360 g/mol. The Morgan fingerprint density at radius 2 is 2.15 bits per heavy atom. The third-order valence-corrected chi connectivity index (χ3v) is 5.37. The Bertz CT molecular complexity index is 962. The van der Waals surface area contributed by atoms with Gasteiger partial charge in [-0.2, -0.15) is 0 Å². The number of thioether (sulfide) groups is 1. The summed E-state index contributed by atoms with van der Waals surface area (Å²) < 4.78 is 2.12. The monoisotopic (exact) mass is 380 g/mol. The van der Waals surface area contributed by atoms with Crippen LogP contribution in [0.2, 0.25) is 0 Å². The second kappa shape index (κ2) is 7.54. The molecule has 0 aliphatic carbocycles. The summed E-state index contributed by atoms with van der Waals surface area (Å²) in [7, 11) is 0. The van der Waals surface area contributed by atoms with Crippen LogP contribution in [0.5, 0.6) is 0 Å². The first-order valence-electron chi connectivity index (χ1n) is 8.82. The van der Waals surface area contributed by atoms with Crippen molar-refractivity contribution in [3.8, 4) is 11.3 Å². The number of benzene rings is 1. The van der Waals surface area contributed by atoms with Gasteiger partial charge in [0.2, 0.25) is 0 Å². The van der Waals surface area contributed by atoms with Crippen molar-refractivity contribution in [1.82, 2.24) is 19.9 Å². The number of pyridine rings is 1. The Balaban J connectivity index is 1.48. The van der Waals surface area contributed by atoms with Crippen LogP contribution < -0.4 is 5.32 Å². The van der Waals surface area contributed by atoms with E-state index in [4.69, 9.17) is 0 Å². The van der Waals surface area contributed by atoms with Crippen LogP contribution in [0.1, 0.15) is 34.8 Å². The average Bonchev–Trinajstić information content (AvgIpc) is 3.28. The molecule has 0 bridgehead atoms. The van der Waals surface area contributed by atoms with Gasteiger partial charge in [0.25, 0.3) is 5.91 Å². The highest BCUT2D eigenvalue weighted by molar-refractivity contribution is 7.99. The molecule has 2 N–H and O–H groups in total. The number of imidazole rings is 1. The number of fused-ring (bicyclic) bond motifs is 1. The summed E-state index contributed by atoms with van der Waals surface area (Å²) in [6.45, 7) is 3.06. The lowest BCUT2D eigenvalue weighted by Crippen LogP contribution is -2.23. The molecule has 0 saturated heterocycles. The van der Waals surface area contributed by atoms with Gasteiger partial charge in [-0.3, -0.25) is 9.78 Å². The summed E-state index contributed by atoms with van der Waals surface area (Å²) in [5, 5.41) is 13.7. The maximum Gasteiger partial charge on any atom is 0.251 e. The van der Waals surface area contributed by atoms with Crippen molar-refractivity contribution >= 4 is 17.7 Å². The van der Waals surface area contributed by atoms with E-state index in [9.17, 15) is 9.90 Å². The normalized spacial score (nSPS) is 14.0. The summed E-state index contributed by atoms with van der Waals surface area (Å²) in [5.41, 5.74) is 3.60. The van der Waals surface area contributed by atoms with E-state index in [1.807, 2.05) is 36.5 Å². The van der Waals surface area contributed by atoms with Crippen LogP contribution in [0, 0.1) is 0 Å². The largest absolute Gasteiger partial charge is 0.387 e. The van der Waals surface area contributed by atoms with E-state index in [2.05, 4.69) is 19.9 Å². The lowest BCUT2D eigenvalue weighted by Gasteiger charge is -2.08. The maximum absolute atomic E-state index is 12.5. The highest BCUT2D eigenvalue weighted by Crippen LogP contribution is 2.24. The fraction of sp³-hybridized carbons (Fsp3) is 0.250. The van der Waals surface area contributed by atoms with Gasteiger partial charge >= 0.3 is 0 Å². The third-order valence-electron chi connectivity index (χ3n) is 4.40. The van der Waals surface area contributed by atoms with Crippen molar-refractivity contribution in [2.45, 2.75) is 31.3 Å². The van der Waals surface area contributed by atoms with Gasteiger partial charge in [0.1, 0.15) is 0 Å². The van der Waals surface area contributed by atoms with Gasteiger partial charge in [0.15, 0.2) is 5.16 Å². The molecule has 0 fully saturated rings. The third kappa shape index (κ3) is 3.89. The smallest absolute Gasteiger partial charge is 0.251 e. The van der Waals surface area contributed by atoms with Crippen LogP contribution in [0.4, 0.5) is 0 Å². The maximum atomic E-state index is 12.5. The summed E-state index contributed by atoms with van der Waals surface area (Å²) in [6, 6.07) is 12.8. The molecule has 7 heteroatoms. The fourth-order valence-electron chi connectivity index (χ4n) is 2.98. The van der Waals surface area contributed by atoms with E-state index < -0.39 is 6.10 Å². The first-order valence-corrected chi connectivity index (χ1v) is 9.81. The van der Waals surface area contributed by atoms with E-state index >= 15 is 0 Å². The number of nitrogens with zero attached hydrogens (tertiary/aromatic N) is 3. The molecule has 0 spiro atoms. The number of carbonyl (C=O) groups is 1. The molecule has 1 atom stereocenters. The molecule has 1 aliphatic heterocycles. The summed E-state index contributed by atoms with van der Waals surface area (Å²) in [4.78, 5) is 21.5. The molecular formula is C20H20N4O2S. The quantitative estimate of drug-likeness (QED) is 0.711. The number of nitrogens with one attached hydrogen (secondary N) is 1. The topological polar surface area (TPSA) is 80.0 Å². The van der Waals surface area contributed by atoms with Gasteiger partial charge in [0, 0.05) is 29.6 Å². The van der Waals surface area contributed by atoms with Crippen LogP contribution in [0.3, 0.4) is 0 Å². The summed E-state index contributed by atoms with van der Waals surface area (Å²) >= 11 is 1.74. The molecule has 6 nitrogen and oxygen atoms in total. The number of carbonyl (C=O) groups excluding carboxylic acids is 1. The number of aryl methyl sites for hydroxylation is 1. The van der Waals surface area contributed by atoms with Gasteiger partial charge in [-0.05, 0) is 31.2 Å². The first kappa shape index (κ1) is 17.8. The number of aliphatic hydroxyl groups is 1. The molecule has 1 amide bonds. The minimum Gasteiger partial charge on any atom is -0.387 e. The SMILES string of the molecule is C[C@@H](O)c1cccc(-c2cccc(C(=O)NCc3cn4c(n3)SCC4)c2)n1. The number of aliphatic hydroxyl groups excluding tert-OH is 1. The first-order chi connectivity index (χ1) is 13.1. The number of aromatic nitrogens is 3. The van der Waals surface area contributed by atoms with Gasteiger partial charge in [-0.1, -0.05) is 30.0 Å². The van der Waals surface area contributed by atoms with Crippen LogP contribution in [0.15, 0.2) is 53.8 Å². The zero-order valence-corrected chi connectivity index (χ0v) is 15.7. The highest BCUT2D eigenvalue weighted by atomic mass is 32.2. The van der Waals surface area contributed by atoms with Crippen LogP contribution >= 0.6 is 11.8 Å². The van der Waals surface area contributed by atoms with Gasteiger partial charge in [0.05, 0.1) is 29.7 Å². The molecule has 0 unspecified atom stereocenters. The predicted octanol–water partition coefficient (Wildman–Crippen LogP) is 3.03. The number of amides is 1. The Labute approximate surface area is 161 Å². The lowest BCUT2D eigenvalue weighted by atomic mass is 10.1. The fourth-order valence-corrected chi connectivity index (χ4v) is 3.95. The summed E-state index contributed by atoms with van der Waals surface area (Å²) in [5.74, 6) is 0.913. The minimum absolute atomic E-state index is 0.149. The van der Waals surface area contributed by atoms with Crippen LogP contribution in [-0.2, 0) is 13.1 Å². The number of rotatable bonds is 5. The zero-order chi connectivity index (χ0) is 18.8. The Hall–Kier alpha value is -2.64. The molecule has 2 aromatic heterocycles. The number of hydrogen-bond donors (Lipinski definition) is 2. The molecule has 138 valence electrons. The van der Waals surface area contributed by atoms with Crippen molar-refractivity contribution in [3.63, 3.8) is 0 Å². The summed E-state index contributed by atoms with van der Waals surface area (Å²) in [6.07, 6.45) is 1.36. The van der Waals surface area contributed by atoms with Gasteiger partial charge < -0.3 is 15.0 Å². The highest BCUT2D eigenvalue weighted by Gasteiger charge is 2.15. The predicted molar refractivity (Wildman–Crippen MR) is 104 cm³/mol. The van der Waals surface area contributed by atoms with E-state index in [-0.39, 0.29) is 5.91 Å². The second-order valence-corrected chi connectivity index (χ2v) is 7.51. The molecule has 3 aromatic rings. The van der Waals surface area contributed by atoms with Crippen molar-refractivity contribution in [3.05, 3.63) is 65.6 Å². The Kier molecular flexibility index (Phi) is 4.96.